The first kappa shape index (κ1) is 21.5. The van der Waals surface area contributed by atoms with Crippen LogP contribution in [-0.2, 0) is 10.0 Å². The van der Waals surface area contributed by atoms with Crippen LogP contribution in [0.1, 0.15) is 9.67 Å². The third-order valence-corrected chi connectivity index (χ3v) is 6.88. The van der Waals surface area contributed by atoms with Gasteiger partial charge in [-0.25, -0.2) is 8.42 Å². The smallest absolute Gasteiger partial charge is 0.267 e. The van der Waals surface area contributed by atoms with E-state index in [1.165, 1.54) is 36.6 Å². The number of hydrogen-bond donors (Lipinski definition) is 3. The largest absolute Gasteiger partial charge is 0.506 e. The van der Waals surface area contributed by atoms with Crippen molar-refractivity contribution in [1.29, 1.82) is 0 Å². The van der Waals surface area contributed by atoms with Crippen LogP contribution in [0, 0.1) is 0 Å². The molecule has 0 saturated heterocycles. The average molecular weight is 470 g/mol. The van der Waals surface area contributed by atoms with Gasteiger partial charge in [0, 0.05) is 12.4 Å². The summed E-state index contributed by atoms with van der Waals surface area (Å²) < 4.78 is 35.2. The Bertz CT molecular complexity index is 1360. The fourth-order valence-electron chi connectivity index (χ4n) is 3.07. The molecule has 0 aliphatic heterocycles. The minimum absolute atomic E-state index is 0.0234. The zero-order valence-corrected chi connectivity index (χ0v) is 18.5. The second-order valence-corrected chi connectivity index (χ2v) is 9.26. The molecular formula is C22H19N3O5S2. The van der Waals surface area contributed by atoms with E-state index in [0.717, 1.165) is 0 Å². The molecule has 2 aromatic heterocycles. The average Bonchev–Trinajstić information content (AvgIpc) is 3.47. The van der Waals surface area contributed by atoms with E-state index in [2.05, 4.69) is 10.0 Å². The number of nitrogens with one attached hydrogen (secondary N) is 2. The molecule has 2 aromatic carbocycles. The number of benzene rings is 2. The van der Waals surface area contributed by atoms with Crippen molar-refractivity contribution in [2.24, 2.45) is 0 Å². The van der Waals surface area contributed by atoms with Crippen LogP contribution in [0.2, 0.25) is 0 Å². The Kier molecular flexibility index (Phi) is 5.89. The van der Waals surface area contributed by atoms with Crippen molar-refractivity contribution in [1.82, 2.24) is 4.57 Å². The molecule has 0 unspecified atom stereocenters. The molecule has 4 rings (SSSR count). The molecule has 3 N–H and O–H groups in total. The summed E-state index contributed by atoms with van der Waals surface area (Å²) in [6.07, 6.45) is 3.63. The highest BCUT2D eigenvalue weighted by Crippen LogP contribution is 2.31. The lowest BCUT2D eigenvalue weighted by Crippen LogP contribution is -2.16. The minimum atomic E-state index is -4.01. The van der Waals surface area contributed by atoms with Gasteiger partial charge in [-0.3, -0.25) is 9.52 Å². The Balaban J connectivity index is 1.61. The van der Waals surface area contributed by atoms with Crippen molar-refractivity contribution in [2.45, 2.75) is 4.90 Å². The van der Waals surface area contributed by atoms with Gasteiger partial charge in [-0.1, -0.05) is 12.1 Å². The van der Waals surface area contributed by atoms with Crippen molar-refractivity contribution in [3.63, 3.8) is 0 Å². The number of hydrogen-bond acceptors (Lipinski definition) is 6. The zero-order valence-electron chi connectivity index (χ0n) is 16.8. The van der Waals surface area contributed by atoms with Crippen molar-refractivity contribution < 1.29 is 23.1 Å². The summed E-state index contributed by atoms with van der Waals surface area (Å²) in [6.45, 7) is 0. The fourth-order valence-corrected chi connectivity index (χ4v) is 4.95. The molecule has 0 spiro atoms. The Morgan fingerprint density at radius 1 is 1.03 bits per heavy atom. The highest BCUT2D eigenvalue weighted by atomic mass is 32.2. The number of methoxy groups -OCH3 is 1. The lowest BCUT2D eigenvalue weighted by atomic mass is 10.2. The number of carbonyl (C=O) groups excluding carboxylic acids is 1. The molecule has 4 aromatic rings. The number of carbonyl (C=O) groups is 1. The van der Waals surface area contributed by atoms with Crippen LogP contribution in [0.3, 0.4) is 0 Å². The SMILES string of the molecule is COc1ccccc1NS(=O)(=O)c1ccc(O)c(NC(=O)c2sccc2-n2cccc2)c1. The maximum atomic E-state index is 12.9. The zero-order chi connectivity index (χ0) is 22.7. The Labute approximate surface area is 188 Å². The number of thiophene rings is 1. The van der Waals surface area contributed by atoms with E-state index in [9.17, 15) is 18.3 Å². The number of phenolic OH excluding ortho intramolecular Hbond substituents is 1. The quantitative estimate of drug-likeness (QED) is 0.350. The summed E-state index contributed by atoms with van der Waals surface area (Å²) in [4.78, 5) is 13.2. The molecule has 10 heteroatoms. The highest BCUT2D eigenvalue weighted by molar-refractivity contribution is 7.92. The summed E-state index contributed by atoms with van der Waals surface area (Å²) >= 11 is 1.24. The third-order valence-electron chi connectivity index (χ3n) is 4.61. The number of para-hydroxylation sites is 2. The molecule has 0 aliphatic rings. The lowest BCUT2D eigenvalue weighted by Gasteiger charge is -2.13. The second-order valence-electron chi connectivity index (χ2n) is 6.66. The van der Waals surface area contributed by atoms with Crippen LogP contribution in [0.15, 0.2) is 83.3 Å². The molecule has 8 nitrogen and oxygen atoms in total. The highest BCUT2D eigenvalue weighted by Gasteiger charge is 2.20. The first-order chi connectivity index (χ1) is 15.4. The monoisotopic (exact) mass is 469 g/mol. The van der Waals surface area contributed by atoms with E-state index < -0.39 is 15.9 Å². The van der Waals surface area contributed by atoms with E-state index in [1.54, 1.807) is 40.3 Å². The van der Waals surface area contributed by atoms with Crippen LogP contribution >= 0.6 is 11.3 Å². The van der Waals surface area contributed by atoms with E-state index in [1.807, 2.05) is 24.5 Å². The predicted octanol–water partition coefficient (Wildman–Crippen LogP) is 4.31. The standard InChI is InChI=1S/C22H19N3O5S2/c1-30-20-7-3-2-6-16(20)24-32(28,29)15-8-9-19(26)17(14-15)23-22(27)21-18(10-13-31-21)25-11-4-5-12-25/h2-14,24,26H,1H3,(H,23,27). The van der Waals surface area contributed by atoms with Gasteiger partial charge in [-0.05, 0) is 53.9 Å². The third kappa shape index (κ3) is 4.32. The minimum Gasteiger partial charge on any atom is -0.506 e. The molecule has 2 heterocycles. The summed E-state index contributed by atoms with van der Waals surface area (Å²) in [6, 6.07) is 15.7. The van der Waals surface area contributed by atoms with Gasteiger partial charge in [-0.2, -0.15) is 0 Å². The lowest BCUT2D eigenvalue weighted by molar-refractivity contribution is 0.103. The molecular weight excluding hydrogens is 450 g/mol. The molecule has 32 heavy (non-hydrogen) atoms. The first-order valence-corrected chi connectivity index (χ1v) is 11.8. The van der Waals surface area contributed by atoms with Crippen LogP contribution in [-0.4, -0.2) is 31.1 Å². The van der Waals surface area contributed by atoms with Gasteiger partial charge < -0.3 is 19.7 Å². The number of nitrogens with zero attached hydrogens (tertiary/aromatic N) is 1. The van der Waals surface area contributed by atoms with E-state index in [0.29, 0.717) is 16.3 Å². The van der Waals surface area contributed by atoms with Crippen molar-refractivity contribution in [3.05, 3.63) is 83.3 Å². The molecule has 0 aliphatic carbocycles. The Morgan fingerprint density at radius 2 is 1.78 bits per heavy atom. The second kappa shape index (κ2) is 8.77. The molecule has 0 saturated carbocycles. The topological polar surface area (TPSA) is 110 Å². The van der Waals surface area contributed by atoms with Crippen molar-refractivity contribution in [3.8, 4) is 17.2 Å². The first-order valence-electron chi connectivity index (χ1n) is 9.40. The van der Waals surface area contributed by atoms with E-state index in [4.69, 9.17) is 4.74 Å². The fraction of sp³-hybridized carbons (Fsp3) is 0.0455. The van der Waals surface area contributed by atoms with Crippen LogP contribution in [0.25, 0.3) is 5.69 Å². The van der Waals surface area contributed by atoms with Gasteiger partial charge in [0.2, 0.25) is 0 Å². The van der Waals surface area contributed by atoms with Gasteiger partial charge in [0.25, 0.3) is 15.9 Å². The van der Waals surface area contributed by atoms with Gasteiger partial charge in [0.1, 0.15) is 16.4 Å². The summed E-state index contributed by atoms with van der Waals surface area (Å²) in [7, 11) is -2.57. The van der Waals surface area contributed by atoms with E-state index in [-0.39, 0.29) is 22.0 Å². The van der Waals surface area contributed by atoms with E-state index >= 15 is 0 Å². The predicted molar refractivity (Wildman–Crippen MR) is 124 cm³/mol. The molecule has 1 amide bonds. The number of phenols is 1. The van der Waals surface area contributed by atoms with Crippen LogP contribution in [0.5, 0.6) is 11.5 Å². The molecule has 164 valence electrons. The number of rotatable bonds is 7. The number of aromatic nitrogens is 1. The molecule has 0 atom stereocenters. The number of aromatic hydroxyl groups is 1. The van der Waals surface area contributed by atoms with Gasteiger partial charge in [0.15, 0.2) is 0 Å². The number of ether oxygens (including phenoxy) is 1. The van der Waals surface area contributed by atoms with Gasteiger partial charge in [0.05, 0.1) is 29.1 Å². The van der Waals surface area contributed by atoms with Gasteiger partial charge in [-0.15, -0.1) is 11.3 Å². The van der Waals surface area contributed by atoms with Crippen molar-refractivity contribution >= 4 is 38.6 Å². The maximum absolute atomic E-state index is 12.9. The summed E-state index contributed by atoms with van der Waals surface area (Å²) in [5.74, 6) is -0.362. The summed E-state index contributed by atoms with van der Waals surface area (Å²) in [5.41, 5.74) is 0.923. The molecule has 0 radical (unpaired) electrons. The number of anilines is 2. The Hall–Kier alpha value is -3.76. The molecule has 0 fully saturated rings. The van der Waals surface area contributed by atoms with Gasteiger partial charge >= 0.3 is 0 Å². The van der Waals surface area contributed by atoms with Crippen LogP contribution in [0.4, 0.5) is 11.4 Å². The maximum Gasteiger partial charge on any atom is 0.267 e. The van der Waals surface area contributed by atoms with Crippen molar-refractivity contribution in [2.75, 3.05) is 17.1 Å². The number of sulfonamides is 1. The number of amides is 1. The normalized spacial score (nSPS) is 11.2. The Morgan fingerprint density at radius 3 is 2.53 bits per heavy atom. The molecule has 0 bridgehead atoms. The van der Waals surface area contributed by atoms with Crippen LogP contribution < -0.4 is 14.8 Å². The summed E-state index contributed by atoms with van der Waals surface area (Å²) in [5, 5.41) is 14.6.